The van der Waals surface area contributed by atoms with Crippen LogP contribution in [-0.2, 0) is 4.79 Å². The van der Waals surface area contributed by atoms with E-state index in [0.717, 1.165) is 30.6 Å². The quantitative estimate of drug-likeness (QED) is 0.927. The van der Waals surface area contributed by atoms with Crippen LogP contribution < -0.4 is 10.2 Å². The summed E-state index contributed by atoms with van der Waals surface area (Å²) < 4.78 is 0. The van der Waals surface area contributed by atoms with Crippen LogP contribution in [0.2, 0.25) is 0 Å². The first-order valence-corrected chi connectivity index (χ1v) is 7.61. The summed E-state index contributed by atoms with van der Waals surface area (Å²) in [5, 5.41) is 3.05. The number of anilines is 1. The Hall–Kier alpha value is -1.84. The largest absolute Gasteiger partial charge is 0.362 e. The molecule has 1 heterocycles. The number of carbonyl (C=O) groups is 2. The predicted molar refractivity (Wildman–Crippen MR) is 84.7 cm³/mol. The van der Waals surface area contributed by atoms with Gasteiger partial charge < -0.3 is 10.2 Å². The molecule has 2 rings (SSSR count). The van der Waals surface area contributed by atoms with E-state index in [9.17, 15) is 9.59 Å². The number of ketones is 1. The predicted octanol–water partition coefficient (Wildman–Crippen LogP) is 2.77. The molecule has 0 atom stereocenters. The van der Waals surface area contributed by atoms with Gasteiger partial charge in [-0.1, -0.05) is 19.1 Å². The van der Waals surface area contributed by atoms with Crippen LogP contribution in [0.15, 0.2) is 24.3 Å². The van der Waals surface area contributed by atoms with Crippen molar-refractivity contribution in [3.8, 4) is 0 Å². The fourth-order valence-electron chi connectivity index (χ4n) is 2.51. The summed E-state index contributed by atoms with van der Waals surface area (Å²) in [6.45, 7) is 7.13. The van der Waals surface area contributed by atoms with Gasteiger partial charge in [0.1, 0.15) is 0 Å². The van der Waals surface area contributed by atoms with Gasteiger partial charge in [0.05, 0.1) is 6.54 Å². The maximum atomic E-state index is 12.3. The number of hydrogen-bond acceptors (Lipinski definition) is 3. The van der Waals surface area contributed by atoms with Crippen LogP contribution in [0.5, 0.6) is 0 Å². The lowest BCUT2D eigenvalue weighted by atomic mass is 10.0. The molecular formula is C17H24N2O2. The molecule has 1 aliphatic rings. The third-order valence-corrected chi connectivity index (χ3v) is 4.07. The van der Waals surface area contributed by atoms with Crippen molar-refractivity contribution in [3.63, 3.8) is 0 Å². The van der Waals surface area contributed by atoms with Crippen molar-refractivity contribution in [3.05, 3.63) is 29.8 Å². The summed E-state index contributed by atoms with van der Waals surface area (Å²) in [5.74, 6) is 0.174. The van der Waals surface area contributed by atoms with Crippen molar-refractivity contribution in [2.24, 2.45) is 0 Å². The van der Waals surface area contributed by atoms with E-state index in [1.54, 1.807) is 0 Å². The number of amides is 1. The number of Topliss-reactive ketones (excluding diaryl/α,β-unsaturated/α-hetero) is 1. The van der Waals surface area contributed by atoms with Crippen molar-refractivity contribution in [1.29, 1.82) is 0 Å². The highest BCUT2D eigenvalue weighted by molar-refractivity contribution is 6.02. The van der Waals surface area contributed by atoms with E-state index in [2.05, 4.69) is 12.2 Å². The molecule has 0 aliphatic carbocycles. The maximum absolute atomic E-state index is 12.3. The molecule has 0 fully saturated rings. The Morgan fingerprint density at radius 3 is 2.76 bits per heavy atom. The number of hydrogen-bond donors (Lipinski definition) is 1. The highest BCUT2D eigenvalue weighted by atomic mass is 16.2. The van der Waals surface area contributed by atoms with Gasteiger partial charge in [0.25, 0.3) is 0 Å². The standard InChI is InChI=1S/C17H24N2O2/c1-4-17(2,3)18-16(21)12-19-11-7-10-15(20)13-8-5-6-9-14(13)19/h5-6,8-9H,4,7,10-12H2,1-3H3,(H,18,21). The van der Waals surface area contributed by atoms with Crippen molar-refractivity contribution in [1.82, 2.24) is 5.32 Å². The van der Waals surface area contributed by atoms with Crippen LogP contribution in [0.1, 0.15) is 50.4 Å². The molecule has 114 valence electrons. The number of rotatable bonds is 4. The Balaban J connectivity index is 2.15. The second-order valence-corrected chi connectivity index (χ2v) is 6.25. The summed E-state index contributed by atoms with van der Waals surface area (Å²) in [5.41, 5.74) is 1.42. The summed E-state index contributed by atoms with van der Waals surface area (Å²) >= 11 is 0. The van der Waals surface area contributed by atoms with Gasteiger partial charge in [0.15, 0.2) is 5.78 Å². The first kappa shape index (κ1) is 15.5. The third kappa shape index (κ3) is 3.84. The minimum absolute atomic E-state index is 0.00556. The van der Waals surface area contributed by atoms with Crippen LogP contribution in [0.25, 0.3) is 0 Å². The second-order valence-electron chi connectivity index (χ2n) is 6.25. The molecule has 1 N–H and O–H groups in total. The molecule has 0 aromatic heterocycles. The number of fused-ring (bicyclic) bond motifs is 1. The van der Waals surface area contributed by atoms with Crippen LogP contribution in [0.4, 0.5) is 5.69 Å². The first-order valence-electron chi connectivity index (χ1n) is 7.61. The monoisotopic (exact) mass is 288 g/mol. The summed E-state index contributed by atoms with van der Waals surface area (Å²) in [4.78, 5) is 26.4. The topological polar surface area (TPSA) is 49.4 Å². The van der Waals surface area contributed by atoms with E-state index in [1.807, 2.05) is 43.0 Å². The third-order valence-electron chi connectivity index (χ3n) is 4.07. The Morgan fingerprint density at radius 2 is 2.05 bits per heavy atom. The van der Waals surface area contributed by atoms with E-state index >= 15 is 0 Å². The lowest BCUT2D eigenvalue weighted by molar-refractivity contribution is -0.121. The zero-order chi connectivity index (χ0) is 15.5. The van der Waals surface area contributed by atoms with E-state index in [0.29, 0.717) is 13.0 Å². The molecule has 0 unspecified atom stereocenters. The molecule has 0 radical (unpaired) electrons. The van der Waals surface area contributed by atoms with Gasteiger partial charge in [-0.3, -0.25) is 9.59 Å². The number of nitrogens with one attached hydrogen (secondary N) is 1. The molecule has 0 bridgehead atoms. The molecule has 0 saturated carbocycles. The molecule has 21 heavy (non-hydrogen) atoms. The molecule has 1 aromatic carbocycles. The van der Waals surface area contributed by atoms with Crippen molar-refractivity contribution < 1.29 is 9.59 Å². The van der Waals surface area contributed by atoms with Gasteiger partial charge in [-0.15, -0.1) is 0 Å². The van der Waals surface area contributed by atoms with Gasteiger partial charge >= 0.3 is 0 Å². The second kappa shape index (κ2) is 6.29. The van der Waals surface area contributed by atoms with Gasteiger partial charge in [-0.05, 0) is 38.8 Å². The summed E-state index contributed by atoms with van der Waals surface area (Å²) in [7, 11) is 0. The zero-order valence-corrected chi connectivity index (χ0v) is 13.1. The van der Waals surface area contributed by atoms with E-state index in [-0.39, 0.29) is 17.2 Å². The molecule has 1 aliphatic heterocycles. The van der Waals surface area contributed by atoms with E-state index in [1.165, 1.54) is 0 Å². The summed E-state index contributed by atoms with van der Waals surface area (Å²) in [6, 6.07) is 7.57. The van der Waals surface area contributed by atoms with Crippen molar-refractivity contribution in [2.75, 3.05) is 18.0 Å². The molecule has 4 nitrogen and oxygen atoms in total. The number of para-hydroxylation sites is 1. The molecule has 0 saturated heterocycles. The maximum Gasteiger partial charge on any atom is 0.239 e. The smallest absolute Gasteiger partial charge is 0.239 e. The Labute approximate surface area is 126 Å². The number of benzene rings is 1. The number of nitrogens with zero attached hydrogens (tertiary/aromatic N) is 1. The van der Waals surface area contributed by atoms with Crippen LogP contribution in [0, 0.1) is 0 Å². The van der Waals surface area contributed by atoms with Crippen molar-refractivity contribution >= 4 is 17.4 Å². The van der Waals surface area contributed by atoms with Gasteiger partial charge in [-0.2, -0.15) is 0 Å². The SMILES string of the molecule is CCC(C)(C)NC(=O)CN1CCCC(=O)c2ccccc21. The molecular weight excluding hydrogens is 264 g/mol. The Kier molecular flexibility index (Phi) is 4.66. The highest BCUT2D eigenvalue weighted by Gasteiger charge is 2.24. The zero-order valence-electron chi connectivity index (χ0n) is 13.1. The lowest BCUT2D eigenvalue weighted by Gasteiger charge is -2.28. The first-order chi connectivity index (χ1) is 9.93. The van der Waals surface area contributed by atoms with Crippen LogP contribution in [0.3, 0.4) is 0 Å². The number of carbonyl (C=O) groups excluding carboxylic acids is 2. The minimum Gasteiger partial charge on any atom is -0.362 e. The minimum atomic E-state index is -0.196. The van der Waals surface area contributed by atoms with Crippen LogP contribution in [-0.4, -0.2) is 30.3 Å². The summed E-state index contributed by atoms with van der Waals surface area (Å²) in [6.07, 6.45) is 2.22. The van der Waals surface area contributed by atoms with Gasteiger partial charge in [0, 0.05) is 29.8 Å². The van der Waals surface area contributed by atoms with Crippen LogP contribution >= 0.6 is 0 Å². The average Bonchev–Trinajstić information content (AvgIpc) is 2.59. The normalized spacial score (nSPS) is 15.4. The fourth-order valence-corrected chi connectivity index (χ4v) is 2.51. The molecule has 1 amide bonds. The van der Waals surface area contributed by atoms with E-state index < -0.39 is 0 Å². The lowest BCUT2D eigenvalue weighted by Crippen LogP contribution is -2.47. The van der Waals surface area contributed by atoms with E-state index in [4.69, 9.17) is 0 Å². The Morgan fingerprint density at radius 1 is 1.33 bits per heavy atom. The highest BCUT2D eigenvalue weighted by Crippen LogP contribution is 2.25. The molecule has 4 heteroatoms. The average molecular weight is 288 g/mol. The van der Waals surface area contributed by atoms with Gasteiger partial charge in [-0.25, -0.2) is 0 Å². The Bertz CT molecular complexity index is 537. The molecule has 0 spiro atoms. The fraction of sp³-hybridized carbons (Fsp3) is 0.529. The van der Waals surface area contributed by atoms with Crippen molar-refractivity contribution in [2.45, 2.75) is 45.6 Å². The van der Waals surface area contributed by atoms with Gasteiger partial charge in [0.2, 0.25) is 5.91 Å². The molecule has 1 aromatic rings.